The highest BCUT2D eigenvalue weighted by molar-refractivity contribution is 7.15. The topological polar surface area (TPSA) is 58.4 Å². The fourth-order valence-electron chi connectivity index (χ4n) is 1.68. The van der Waals surface area contributed by atoms with Crippen molar-refractivity contribution < 1.29 is 4.79 Å². The van der Waals surface area contributed by atoms with E-state index in [2.05, 4.69) is 22.5 Å². The number of carbonyl (C=O) groups excluding carboxylic acids is 1. The van der Waals surface area contributed by atoms with Gasteiger partial charge in [-0.05, 0) is 13.0 Å². The van der Waals surface area contributed by atoms with Crippen LogP contribution in [-0.4, -0.2) is 34.9 Å². The summed E-state index contributed by atoms with van der Waals surface area (Å²) < 4.78 is 1.94. The minimum absolute atomic E-state index is 0. The molecule has 2 aromatic rings. The zero-order valence-corrected chi connectivity index (χ0v) is 12.5. The maximum atomic E-state index is 11.7. The molecule has 106 valence electrons. The van der Waals surface area contributed by atoms with E-state index in [1.165, 1.54) is 0 Å². The molecule has 0 fully saturated rings. The Labute approximate surface area is 122 Å². The van der Waals surface area contributed by atoms with Crippen molar-refractivity contribution in [2.24, 2.45) is 0 Å². The summed E-state index contributed by atoms with van der Waals surface area (Å²) in [5.74, 6) is 0.0269. The van der Waals surface area contributed by atoms with Gasteiger partial charge in [0.25, 0.3) is 0 Å². The van der Waals surface area contributed by atoms with Crippen LogP contribution in [0.5, 0.6) is 0 Å². The molecule has 0 aliphatic heterocycles. The first-order valence-electron chi connectivity index (χ1n) is 6.18. The molecule has 2 aromatic heterocycles. The Balaban J connectivity index is 0.00000180. The highest BCUT2D eigenvalue weighted by atomic mass is 35.5. The van der Waals surface area contributed by atoms with E-state index < -0.39 is 0 Å². The molecule has 1 amide bonds. The number of nitrogens with one attached hydrogen (secondary N) is 2. The number of rotatable bonds is 7. The van der Waals surface area contributed by atoms with Crippen molar-refractivity contribution in [3.8, 4) is 0 Å². The fourth-order valence-corrected chi connectivity index (χ4v) is 2.40. The molecule has 0 saturated heterocycles. The largest absolute Gasteiger partial charge is 0.354 e. The summed E-state index contributed by atoms with van der Waals surface area (Å²) in [7, 11) is 0. The van der Waals surface area contributed by atoms with Gasteiger partial charge in [-0.3, -0.25) is 9.20 Å². The quantitative estimate of drug-likeness (QED) is 0.762. The van der Waals surface area contributed by atoms with Crippen LogP contribution >= 0.6 is 23.7 Å². The number of nitrogens with zero attached hydrogens (tertiary/aromatic N) is 2. The maximum absolute atomic E-state index is 11.7. The van der Waals surface area contributed by atoms with Crippen molar-refractivity contribution in [3.63, 3.8) is 0 Å². The summed E-state index contributed by atoms with van der Waals surface area (Å²) >= 11 is 1.57. The molecule has 0 aliphatic carbocycles. The van der Waals surface area contributed by atoms with Crippen LogP contribution in [0.3, 0.4) is 0 Å². The number of hydrogen-bond donors (Lipinski definition) is 2. The molecule has 0 aromatic carbocycles. The number of thiazole rings is 1. The predicted octanol–water partition coefficient (Wildman–Crippen LogP) is 1.48. The highest BCUT2D eigenvalue weighted by Crippen LogP contribution is 2.11. The van der Waals surface area contributed by atoms with Gasteiger partial charge in [-0.25, -0.2) is 4.98 Å². The third-order valence-electron chi connectivity index (χ3n) is 2.54. The Morgan fingerprint density at radius 3 is 3.00 bits per heavy atom. The van der Waals surface area contributed by atoms with Crippen LogP contribution in [0, 0.1) is 0 Å². The van der Waals surface area contributed by atoms with E-state index in [1.54, 1.807) is 11.3 Å². The molecule has 5 nitrogen and oxygen atoms in total. The Hall–Kier alpha value is -1.11. The Bertz CT molecular complexity index is 482. The van der Waals surface area contributed by atoms with E-state index in [1.807, 2.05) is 22.2 Å². The zero-order chi connectivity index (χ0) is 12.8. The van der Waals surface area contributed by atoms with Crippen LogP contribution in [0.4, 0.5) is 0 Å². The lowest BCUT2D eigenvalue weighted by molar-refractivity contribution is -0.120. The third-order valence-corrected chi connectivity index (χ3v) is 3.31. The smallest absolute Gasteiger partial charge is 0.226 e. The molecule has 0 saturated carbocycles. The fraction of sp³-hybridized carbons (Fsp3) is 0.500. The first-order chi connectivity index (χ1) is 8.79. The van der Waals surface area contributed by atoms with Crippen molar-refractivity contribution in [2.45, 2.75) is 19.8 Å². The van der Waals surface area contributed by atoms with Crippen LogP contribution in [0.25, 0.3) is 4.96 Å². The molecule has 2 rings (SSSR count). The summed E-state index contributed by atoms with van der Waals surface area (Å²) in [4.78, 5) is 17.0. The van der Waals surface area contributed by atoms with Crippen molar-refractivity contribution in [2.75, 3.05) is 19.6 Å². The molecule has 0 unspecified atom stereocenters. The molecule has 0 radical (unpaired) electrons. The number of hydrogen-bond acceptors (Lipinski definition) is 4. The van der Waals surface area contributed by atoms with E-state index in [0.29, 0.717) is 13.0 Å². The van der Waals surface area contributed by atoms with Crippen molar-refractivity contribution in [1.29, 1.82) is 0 Å². The number of aromatic nitrogens is 2. The van der Waals surface area contributed by atoms with Gasteiger partial charge in [-0.2, -0.15) is 0 Å². The SMILES string of the molecule is CCCNCCNC(=O)Cc1cn2ccsc2n1.Cl. The van der Waals surface area contributed by atoms with Gasteiger partial charge in [0.15, 0.2) is 4.96 Å². The lowest BCUT2D eigenvalue weighted by Crippen LogP contribution is -2.33. The number of imidazole rings is 1. The van der Waals surface area contributed by atoms with E-state index in [-0.39, 0.29) is 18.3 Å². The first-order valence-corrected chi connectivity index (χ1v) is 7.06. The first kappa shape index (κ1) is 15.9. The third kappa shape index (κ3) is 4.81. The summed E-state index contributed by atoms with van der Waals surface area (Å²) in [5.41, 5.74) is 0.820. The average Bonchev–Trinajstić information content (AvgIpc) is 2.89. The highest BCUT2D eigenvalue weighted by Gasteiger charge is 2.07. The summed E-state index contributed by atoms with van der Waals surface area (Å²) in [5, 5.41) is 8.10. The van der Waals surface area contributed by atoms with Gasteiger partial charge in [-0.1, -0.05) is 6.92 Å². The van der Waals surface area contributed by atoms with Crippen molar-refractivity contribution >= 4 is 34.6 Å². The molecule has 7 heteroatoms. The van der Waals surface area contributed by atoms with Gasteiger partial charge in [0.1, 0.15) is 0 Å². The van der Waals surface area contributed by atoms with Crippen LogP contribution < -0.4 is 10.6 Å². The second-order valence-electron chi connectivity index (χ2n) is 4.10. The van der Waals surface area contributed by atoms with Gasteiger partial charge in [0.2, 0.25) is 5.91 Å². The minimum Gasteiger partial charge on any atom is -0.354 e. The Morgan fingerprint density at radius 1 is 1.42 bits per heavy atom. The number of carbonyl (C=O) groups is 1. The normalized spacial score (nSPS) is 10.4. The van der Waals surface area contributed by atoms with Gasteiger partial charge >= 0.3 is 0 Å². The molecule has 19 heavy (non-hydrogen) atoms. The molecule has 0 aliphatic rings. The molecular formula is C12H19ClN4OS. The van der Waals surface area contributed by atoms with Gasteiger partial charge in [-0.15, -0.1) is 23.7 Å². The van der Waals surface area contributed by atoms with E-state index in [0.717, 1.165) is 30.2 Å². The van der Waals surface area contributed by atoms with Crippen LogP contribution in [0.2, 0.25) is 0 Å². The zero-order valence-electron chi connectivity index (χ0n) is 10.9. The summed E-state index contributed by atoms with van der Waals surface area (Å²) in [6, 6.07) is 0. The van der Waals surface area contributed by atoms with Crippen molar-refractivity contribution in [3.05, 3.63) is 23.5 Å². The molecule has 0 spiro atoms. The van der Waals surface area contributed by atoms with Crippen LogP contribution in [0.15, 0.2) is 17.8 Å². The monoisotopic (exact) mass is 302 g/mol. The molecule has 0 atom stereocenters. The van der Waals surface area contributed by atoms with Crippen LogP contribution in [-0.2, 0) is 11.2 Å². The van der Waals surface area contributed by atoms with Gasteiger partial charge in [0.05, 0.1) is 12.1 Å². The maximum Gasteiger partial charge on any atom is 0.226 e. The average molecular weight is 303 g/mol. The molecule has 2 N–H and O–H groups in total. The predicted molar refractivity (Wildman–Crippen MR) is 80.2 cm³/mol. The van der Waals surface area contributed by atoms with E-state index >= 15 is 0 Å². The minimum atomic E-state index is 0. The number of amides is 1. The lowest BCUT2D eigenvalue weighted by Gasteiger charge is -2.04. The number of halogens is 1. The Morgan fingerprint density at radius 2 is 2.26 bits per heavy atom. The second kappa shape index (κ2) is 8.14. The standard InChI is InChI=1S/C12H18N4OS.ClH/c1-2-3-13-4-5-14-11(17)8-10-9-16-6-7-18-12(16)15-10;/h6-7,9,13H,2-5,8H2,1H3,(H,14,17);1H. The van der Waals surface area contributed by atoms with E-state index in [9.17, 15) is 4.79 Å². The lowest BCUT2D eigenvalue weighted by atomic mass is 10.3. The van der Waals surface area contributed by atoms with E-state index in [4.69, 9.17) is 0 Å². The van der Waals surface area contributed by atoms with Crippen LogP contribution in [0.1, 0.15) is 19.0 Å². The molecule has 0 bridgehead atoms. The van der Waals surface area contributed by atoms with Crippen molar-refractivity contribution in [1.82, 2.24) is 20.0 Å². The summed E-state index contributed by atoms with van der Waals surface area (Å²) in [6.07, 6.45) is 5.31. The Kier molecular flexibility index (Phi) is 6.83. The molecule has 2 heterocycles. The second-order valence-corrected chi connectivity index (χ2v) is 4.97. The van der Waals surface area contributed by atoms with Gasteiger partial charge in [0, 0.05) is 30.9 Å². The summed E-state index contributed by atoms with van der Waals surface area (Å²) in [6.45, 7) is 4.60. The molecular weight excluding hydrogens is 284 g/mol. The number of fused-ring (bicyclic) bond motifs is 1. The van der Waals surface area contributed by atoms with Gasteiger partial charge < -0.3 is 10.6 Å².